The van der Waals surface area contributed by atoms with Crippen molar-refractivity contribution in [3.05, 3.63) is 164 Å². The van der Waals surface area contributed by atoms with E-state index in [-0.39, 0.29) is 0 Å². The zero-order chi connectivity index (χ0) is 30.0. The maximum atomic E-state index is 15.2. The third kappa shape index (κ3) is 4.00. The SMILES string of the molecule is O=P1(c2ccccc2)c2ccccc2Oc2ccc(-c3cccc(-c4ccc5c6ccccc6c6ccccc6c5c4)c3)cc21. The van der Waals surface area contributed by atoms with E-state index in [1.807, 2.05) is 60.7 Å². The summed E-state index contributed by atoms with van der Waals surface area (Å²) < 4.78 is 21.5. The molecule has 0 spiro atoms. The highest BCUT2D eigenvalue weighted by Crippen LogP contribution is 2.52. The Bertz CT molecular complexity index is 2460. The lowest BCUT2D eigenvalue weighted by Crippen LogP contribution is -2.30. The molecule has 45 heavy (non-hydrogen) atoms. The van der Waals surface area contributed by atoms with Gasteiger partial charge in [0.25, 0.3) is 0 Å². The molecular weight excluding hydrogens is 567 g/mol. The maximum absolute atomic E-state index is 15.2. The van der Waals surface area contributed by atoms with Gasteiger partial charge < -0.3 is 9.30 Å². The minimum absolute atomic E-state index is 0.648. The first-order valence-electron chi connectivity index (χ1n) is 15.2. The highest BCUT2D eigenvalue weighted by Gasteiger charge is 2.39. The molecule has 0 aromatic heterocycles. The van der Waals surface area contributed by atoms with Crippen LogP contribution in [0.4, 0.5) is 0 Å². The molecule has 8 aromatic rings. The van der Waals surface area contributed by atoms with E-state index in [2.05, 4.69) is 103 Å². The molecule has 1 unspecified atom stereocenters. The van der Waals surface area contributed by atoms with Gasteiger partial charge in [-0.15, -0.1) is 0 Å². The fourth-order valence-corrected chi connectivity index (χ4v) is 9.85. The molecule has 0 bridgehead atoms. The number of ether oxygens (including phenoxy) is 1. The fraction of sp³-hybridized carbons (Fsp3) is 0. The molecule has 0 radical (unpaired) electrons. The van der Waals surface area contributed by atoms with Crippen molar-refractivity contribution < 1.29 is 9.30 Å². The fourth-order valence-electron chi connectivity index (χ4n) is 6.96. The molecule has 9 rings (SSSR count). The number of hydrogen-bond acceptors (Lipinski definition) is 2. The first kappa shape index (κ1) is 26.0. The van der Waals surface area contributed by atoms with Crippen LogP contribution in [-0.2, 0) is 4.57 Å². The maximum Gasteiger partial charge on any atom is 0.178 e. The molecule has 0 N–H and O–H groups in total. The van der Waals surface area contributed by atoms with Gasteiger partial charge in [-0.2, -0.15) is 0 Å². The Balaban J connectivity index is 1.19. The molecule has 0 aliphatic carbocycles. The third-order valence-electron chi connectivity index (χ3n) is 9.12. The van der Waals surface area contributed by atoms with Gasteiger partial charge in [0.2, 0.25) is 0 Å². The first-order valence-corrected chi connectivity index (χ1v) is 16.9. The summed E-state index contributed by atoms with van der Waals surface area (Å²) in [5.74, 6) is 1.30. The minimum Gasteiger partial charge on any atom is -0.456 e. The second-order valence-corrected chi connectivity index (χ2v) is 14.3. The van der Waals surface area contributed by atoms with Gasteiger partial charge in [-0.1, -0.05) is 127 Å². The number of rotatable bonds is 3. The van der Waals surface area contributed by atoms with Crippen molar-refractivity contribution in [3.8, 4) is 33.8 Å². The largest absolute Gasteiger partial charge is 0.456 e. The Morgan fingerprint density at radius 3 is 1.58 bits per heavy atom. The molecule has 212 valence electrons. The van der Waals surface area contributed by atoms with Gasteiger partial charge in [0.15, 0.2) is 7.14 Å². The number of fused-ring (bicyclic) bond motifs is 8. The van der Waals surface area contributed by atoms with E-state index in [0.29, 0.717) is 11.5 Å². The van der Waals surface area contributed by atoms with E-state index in [4.69, 9.17) is 4.74 Å². The summed E-state index contributed by atoms with van der Waals surface area (Å²) in [5.41, 5.74) is 4.37. The number of para-hydroxylation sites is 1. The van der Waals surface area contributed by atoms with Crippen molar-refractivity contribution in [2.45, 2.75) is 0 Å². The van der Waals surface area contributed by atoms with Crippen LogP contribution in [0.1, 0.15) is 0 Å². The molecule has 0 saturated carbocycles. The molecule has 1 atom stereocenters. The Morgan fingerprint density at radius 1 is 0.356 bits per heavy atom. The van der Waals surface area contributed by atoms with Gasteiger partial charge in [-0.3, -0.25) is 0 Å². The quantitative estimate of drug-likeness (QED) is 0.150. The number of benzene rings is 8. The highest BCUT2D eigenvalue weighted by molar-refractivity contribution is 7.85. The van der Waals surface area contributed by atoms with E-state index in [1.54, 1.807) is 0 Å². The van der Waals surface area contributed by atoms with Crippen molar-refractivity contribution in [1.29, 1.82) is 0 Å². The lowest BCUT2D eigenvalue weighted by Gasteiger charge is -2.29. The van der Waals surface area contributed by atoms with E-state index >= 15 is 4.57 Å². The second kappa shape index (κ2) is 10.1. The molecule has 1 aliphatic heterocycles. The van der Waals surface area contributed by atoms with Crippen LogP contribution in [0, 0.1) is 0 Å². The predicted molar refractivity (Wildman–Crippen MR) is 189 cm³/mol. The predicted octanol–water partition coefficient (Wildman–Crippen LogP) is 10.2. The van der Waals surface area contributed by atoms with Gasteiger partial charge in [0, 0.05) is 5.30 Å². The lowest BCUT2D eigenvalue weighted by molar-refractivity contribution is 0.485. The van der Waals surface area contributed by atoms with Gasteiger partial charge >= 0.3 is 0 Å². The van der Waals surface area contributed by atoms with Crippen LogP contribution in [0.3, 0.4) is 0 Å². The molecular formula is C42H27O2P. The smallest absolute Gasteiger partial charge is 0.178 e. The van der Waals surface area contributed by atoms with Crippen molar-refractivity contribution >= 4 is 55.4 Å². The molecule has 1 aliphatic rings. The standard InChI is InChI=1S/C42H27O2P/c43-45(32-13-2-1-3-14-32)41-20-9-8-19-39(41)44-40-24-22-31(27-42(40)45)29-12-10-11-28(25-29)30-21-23-37-35-17-5-4-15-33(35)34-16-6-7-18-36(34)38(37)26-30/h1-27H. The summed E-state index contributed by atoms with van der Waals surface area (Å²) in [5, 5.41) is 9.88. The summed E-state index contributed by atoms with van der Waals surface area (Å²) >= 11 is 0. The van der Waals surface area contributed by atoms with Crippen molar-refractivity contribution in [2.75, 3.05) is 0 Å². The van der Waals surface area contributed by atoms with Crippen LogP contribution < -0.4 is 20.7 Å². The molecule has 2 nitrogen and oxygen atoms in total. The van der Waals surface area contributed by atoms with Crippen LogP contribution in [0.15, 0.2) is 164 Å². The van der Waals surface area contributed by atoms with Crippen LogP contribution in [0.25, 0.3) is 54.6 Å². The number of hydrogen-bond donors (Lipinski definition) is 0. The minimum atomic E-state index is -3.16. The van der Waals surface area contributed by atoms with Gasteiger partial charge in [0.1, 0.15) is 11.5 Å². The molecule has 0 fully saturated rings. The summed E-state index contributed by atoms with van der Waals surface area (Å²) in [4.78, 5) is 0. The van der Waals surface area contributed by atoms with Crippen LogP contribution >= 0.6 is 7.14 Å². The Morgan fingerprint density at radius 2 is 0.867 bits per heavy atom. The highest BCUT2D eigenvalue weighted by atomic mass is 31.2. The summed E-state index contributed by atoms with van der Waals surface area (Å²) in [6.45, 7) is 0. The topological polar surface area (TPSA) is 26.3 Å². The normalized spacial score (nSPS) is 15.5. The second-order valence-electron chi connectivity index (χ2n) is 11.6. The summed E-state index contributed by atoms with van der Waals surface area (Å²) in [6.07, 6.45) is 0. The Hall–Kier alpha value is -5.43. The zero-order valence-electron chi connectivity index (χ0n) is 24.4. The summed E-state index contributed by atoms with van der Waals surface area (Å²) in [6, 6.07) is 56.4. The van der Waals surface area contributed by atoms with Crippen LogP contribution in [0.2, 0.25) is 0 Å². The van der Waals surface area contributed by atoms with Crippen LogP contribution in [-0.4, -0.2) is 0 Å². The Labute approximate surface area is 261 Å². The van der Waals surface area contributed by atoms with Crippen molar-refractivity contribution in [1.82, 2.24) is 0 Å². The monoisotopic (exact) mass is 594 g/mol. The molecule has 8 aromatic carbocycles. The summed E-state index contributed by atoms with van der Waals surface area (Å²) in [7, 11) is -3.16. The average molecular weight is 595 g/mol. The lowest BCUT2D eigenvalue weighted by atomic mass is 9.91. The van der Waals surface area contributed by atoms with E-state index in [9.17, 15) is 0 Å². The average Bonchev–Trinajstić information content (AvgIpc) is 3.12. The van der Waals surface area contributed by atoms with Crippen molar-refractivity contribution in [2.24, 2.45) is 0 Å². The van der Waals surface area contributed by atoms with Crippen molar-refractivity contribution in [3.63, 3.8) is 0 Å². The zero-order valence-corrected chi connectivity index (χ0v) is 25.2. The van der Waals surface area contributed by atoms with Gasteiger partial charge in [-0.25, -0.2) is 0 Å². The molecule has 1 heterocycles. The molecule has 3 heteroatoms. The first-order chi connectivity index (χ1) is 22.2. The third-order valence-corrected chi connectivity index (χ3v) is 12.2. The van der Waals surface area contributed by atoms with E-state index in [1.165, 1.54) is 32.3 Å². The molecule has 0 saturated heterocycles. The van der Waals surface area contributed by atoms with Crippen LogP contribution in [0.5, 0.6) is 11.5 Å². The molecule has 0 amide bonds. The Kier molecular flexibility index (Phi) is 5.81. The van der Waals surface area contributed by atoms with Gasteiger partial charge in [-0.05, 0) is 91.0 Å². The van der Waals surface area contributed by atoms with E-state index in [0.717, 1.165) is 38.2 Å². The van der Waals surface area contributed by atoms with Gasteiger partial charge in [0.05, 0.1) is 10.6 Å². The van der Waals surface area contributed by atoms with E-state index < -0.39 is 7.14 Å².